The fraction of sp³-hybridized carbons (Fsp3) is 0.647. The Kier molecular flexibility index (Phi) is 6.19. The Morgan fingerprint density at radius 2 is 1.70 bits per heavy atom. The van der Waals surface area contributed by atoms with Gasteiger partial charge in [-0.3, -0.25) is 0 Å². The van der Waals surface area contributed by atoms with Gasteiger partial charge in [-0.05, 0) is 56.5 Å². The molecule has 0 saturated heterocycles. The van der Waals surface area contributed by atoms with Gasteiger partial charge in [0.1, 0.15) is 18.1 Å². The predicted molar refractivity (Wildman–Crippen MR) is 82.5 cm³/mol. The van der Waals surface area contributed by atoms with Crippen LogP contribution in [0, 0.1) is 5.92 Å². The van der Waals surface area contributed by atoms with E-state index in [0.717, 1.165) is 37.1 Å². The zero-order valence-electron chi connectivity index (χ0n) is 12.7. The van der Waals surface area contributed by atoms with Gasteiger partial charge in [-0.25, -0.2) is 0 Å². The molecule has 3 heteroatoms. The van der Waals surface area contributed by atoms with Gasteiger partial charge in [0.2, 0.25) is 0 Å². The third-order valence-electron chi connectivity index (χ3n) is 4.07. The molecule has 0 radical (unpaired) electrons. The van der Waals surface area contributed by atoms with Crippen LogP contribution in [0.25, 0.3) is 0 Å². The molecule has 0 amide bonds. The Balaban J connectivity index is 1.80. The van der Waals surface area contributed by atoms with Gasteiger partial charge >= 0.3 is 0 Å². The molecule has 1 aromatic carbocycles. The van der Waals surface area contributed by atoms with Crippen LogP contribution in [0.15, 0.2) is 24.3 Å². The van der Waals surface area contributed by atoms with E-state index < -0.39 is 0 Å². The molecule has 0 aliphatic heterocycles. The van der Waals surface area contributed by atoms with Crippen molar-refractivity contribution in [1.29, 1.82) is 0 Å². The van der Waals surface area contributed by atoms with Crippen molar-refractivity contribution >= 4 is 0 Å². The lowest BCUT2D eigenvalue weighted by molar-refractivity contribution is 0.224. The van der Waals surface area contributed by atoms with Crippen LogP contribution >= 0.6 is 0 Å². The first-order valence-electron chi connectivity index (χ1n) is 7.86. The summed E-state index contributed by atoms with van der Waals surface area (Å²) < 4.78 is 11.5. The van der Waals surface area contributed by atoms with Gasteiger partial charge in [-0.2, -0.15) is 0 Å². The molecular weight excluding hydrogens is 250 g/mol. The number of likely N-dealkylation sites (N-methyl/N-ethyl adjacent to an activating group) is 1. The minimum atomic E-state index is 0.466. The van der Waals surface area contributed by atoms with E-state index >= 15 is 0 Å². The Bertz CT molecular complexity index is 371. The first kappa shape index (κ1) is 15.2. The Morgan fingerprint density at radius 3 is 2.25 bits per heavy atom. The standard InChI is InChI=1S/C17H27NO2/c1-3-12-19-15-8-10-16(11-9-15)20-13-17(18-2)14-6-4-5-7-14/h8-11,14,17-18H,3-7,12-13H2,1-2H3. The van der Waals surface area contributed by atoms with Gasteiger partial charge in [0.25, 0.3) is 0 Å². The monoisotopic (exact) mass is 277 g/mol. The fourth-order valence-corrected chi connectivity index (χ4v) is 2.85. The highest BCUT2D eigenvalue weighted by molar-refractivity contribution is 5.31. The van der Waals surface area contributed by atoms with Crippen LogP contribution in [0.3, 0.4) is 0 Å². The lowest BCUT2D eigenvalue weighted by Crippen LogP contribution is -2.37. The molecule has 1 saturated carbocycles. The molecule has 20 heavy (non-hydrogen) atoms. The summed E-state index contributed by atoms with van der Waals surface area (Å²) in [6.07, 6.45) is 6.43. The number of ether oxygens (including phenoxy) is 2. The quantitative estimate of drug-likeness (QED) is 0.787. The third-order valence-corrected chi connectivity index (χ3v) is 4.07. The smallest absolute Gasteiger partial charge is 0.119 e. The Morgan fingerprint density at radius 1 is 1.10 bits per heavy atom. The van der Waals surface area contributed by atoms with Crippen LogP contribution in [0.4, 0.5) is 0 Å². The van der Waals surface area contributed by atoms with E-state index in [-0.39, 0.29) is 0 Å². The van der Waals surface area contributed by atoms with E-state index in [2.05, 4.69) is 12.2 Å². The van der Waals surface area contributed by atoms with Crippen LogP contribution in [0.5, 0.6) is 11.5 Å². The van der Waals surface area contributed by atoms with E-state index in [0.29, 0.717) is 6.04 Å². The number of rotatable bonds is 8. The summed E-state index contributed by atoms with van der Waals surface area (Å²) in [5, 5.41) is 3.40. The van der Waals surface area contributed by atoms with Gasteiger partial charge in [-0.1, -0.05) is 19.8 Å². The van der Waals surface area contributed by atoms with Crippen molar-refractivity contribution in [3.05, 3.63) is 24.3 Å². The van der Waals surface area contributed by atoms with Gasteiger partial charge in [-0.15, -0.1) is 0 Å². The Hall–Kier alpha value is -1.22. The normalized spacial score (nSPS) is 17.1. The number of hydrogen-bond donors (Lipinski definition) is 1. The zero-order chi connectivity index (χ0) is 14.2. The molecule has 3 nitrogen and oxygen atoms in total. The summed E-state index contributed by atoms with van der Waals surface area (Å²) in [7, 11) is 2.04. The van der Waals surface area contributed by atoms with E-state index in [4.69, 9.17) is 9.47 Å². The van der Waals surface area contributed by atoms with Crippen LogP contribution < -0.4 is 14.8 Å². The van der Waals surface area contributed by atoms with Crippen molar-refractivity contribution in [2.24, 2.45) is 5.92 Å². The second-order valence-electron chi connectivity index (χ2n) is 5.57. The summed E-state index contributed by atoms with van der Waals surface area (Å²) in [4.78, 5) is 0. The van der Waals surface area contributed by atoms with Gasteiger partial charge in [0.05, 0.1) is 6.61 Å². The topological polar surface area (TPSA) is 30.5 Å². The van der Waals surface area contributed by atoms with Crippen LogP contribution in [-0.2, 0) is 0 Å². The van der Waals surface area contributed by atoms with Crippen LogP contribution in [0.1, 0.15) is 39.0 Å². The van der Waals surface area contributed by atoms with Crippen LogP contribution in [0.2, 0.25) is 0 Å². The maximum absolute atomic E-state index is 5.91. The van der Waals surface area contributed by atoms with Crippen molar-refractivity contribution in [3.63, 3.8) is 0 Å². The number of nitrogens with one attached hydrogen (secondary N) is 1. The third kappa shape index (κ3) is 4.41. The molecular formula is C17H27NO2. The molecule has 1 aliphatic carbocycles. The second kappa shape index (κ2) is 8.15. The summed E-state index contributed by atoms with van der Waals surface area (Å²) in [5.74, 6) is 2.61. The Labute approximate surface area is 122 Å². The molecule has 112 valence electrons. The van der Waals surface area contributed by atoms with Crippen molar-refractivity contribution in [1.82, 2.24) is 5.32 Å². The van der Waals surface area contributed by atoms with Crippen molar-refractivity contribution in [2.45, 2.75) is 45.1 Å². The molecule has 0 spiro atoms. The molecule has 1 fully saturated rings. The molecule has 1 unspecified atom stereocenters. The molecule has 1 aromatic rings. The molecule has 0 heterocycles. The summed E-state index contributed by atoms with van der Waals surface area (Å²) in [6.45, 7) is 3.62. The highest BCUT2D eigenvalue weighted by Gasteiger charge is 2.24. The number of hydrogen-bond acceptors (Lipinski definition) is 3. The van der Waals surface area contributed by atoms with E-state index in [1.807, 2.05) is 31.3 Å². The lowest BCUT2D eigenvalue weighted by atomic mass is 9.99. The number of benzene rings is 1. The fourth-order valence-electron chi connectivity index (χ4n) is 2.85. The lowest BCUT2D eigenvalue weighted by Gasteiger charge is -2.23. The average molecular weight is 277 g/mol. The molecule has 0 aromatic heterocycles. The summed E-state index contributed by atoms with van der Waals surface area (Å²) >= 11 is 0. The van der Waals surface area contributed by atoms with Gasteiger partial charge in [0, 0.05) is 6.04 Å². The molecule has 1 atom stereocenters. The summed E-state index contributed by atoms with van der Waals surface area (Å²) in [6, 6.07) is 8.41. The van der Waals surface area contributed by atoms with E-state index in [9.17, 15) is 0 Å². The highest BCUT2D eigenvalue weighted by atomic mass is 16.5. The first-order valence-corrected chi connectivity index (χ1v) is 7.86. The molecule has 2 rings (SSSR count). The largest absolute Gasteiger partial charge is 0.494 e. The maximum atomic E-state index is 5.91. The van der Waals surface area contributed by atoms with E-state index in [1.165, 1.54) is 25.7 Å². The highest BCUT2D eigenvalue weighted by Crippen LogP contribution is 2.28. The molecule has 1 N–H and O–H groups in total. The zero-order valence-corrected chi connectivity index (χ0v) is 12.7. The predicted octanol–water partition coefficient (Wildman–Crippen LogP) is 3.63. The van der Waals surface area contributed by atoms with Gasteiger partial charge in [0.15, 0.2) is 0 Å². The van der Waals surface area contributed by atoms with Gasteiger partial charge < -0.3 is 14.8 Å². The maximum Gasteiger partial charge on any atom is 0.119 e. The van der Waals surface area contributed by atoms with Crippen molar-refractivity contribution in [2.75, 3.05) is 20.3 Å². The minimum Gasteiger partial charge on any atom is -0.494 e. The molecule has 1 aliphatic rings. The van der Waals surface area contributed by atoms with Crippen molar-refractivity contribution in [3.8, 4) is 11.5 Å². The average Bonchev–Trinajstić information content (AvgIpc) is 3.01. The van der Waals surface area contributed by atoms with E-state index in [1.54, 1.807) is 0 Å². The minimum absolute atomic E-state index is 0.466. The summed E-state index contributed by atoms with van der Waals surface area (Å²) in [5.41, 5.74) is 0. The second-order valence-corrected chi connectivity index (χ2v) is 5.57. The SMILES string of the molecule is CCCOc1ccc(OCC(NC)C2CCCC2)cc1. The first-order chi connectivity index (χ1) is 9.83. The molecule has 0 bridgehead atoms. The van der Waals surface area contributed by atoms with Crippen molar-refractivity contribution < 1.29 is 9.47 Å². The van der Waals surface area contributed by atoms with Crippen LogP contribution in [-0.4, -0.2) is 26.3 Å².